The minimum Gasteiger partial charge on any atom is -0.355 e. The van der Waals surface area contributed by atoms with E-state index in [9.17, 15) is 0 Å². The van der Waals surface area contributed by atoms with E-state index < -0.39 is 0 Å². The Bertz CT molecular complexity index is 1770. The number of rotatable bonds is 2. The fourth-order valence-corrected chi connectivity index (χ4v) is 6.28. The second-order valence-corrected chi connectivity index (χ2v) is 9.28. The Balaban J connectivity index is 0.00000106. The van der Waals surface area contributed by atoms with Crippen LogP contribution in [0.4, 0.5) is 0 Å². The molecule has 0 aliphatic carbocycles. The van der Waals surface area contributed by atoms with Crippen LogP contribution < -0.4 is 0 Å². The molecule has 0 aliphatic rings. The summed E-state index contributed by atoms with van der Waals surface area (Å²) in [5.74, 6) is 0. The quantitative estimate of drug-likeness (QED) is 0.267. The molecule has 2 aromatic heterocycles. The molecule has 164 valence electrons. The Kier molecular flexibility index (Phi) is 5.16. The summed E-state index contributed by atoms with van der Waals surface area (Å²) in [6, 6.07) is 39.4. The van der Waals surface area contributed by atoms with Gasteiger partial charge in [-0.25, -0.2) is 0 Å². The number of thiophene rings is 1. The molecule has 7 aromatic rings. The van der Waals surface area contributed by atoms with Gasteiger partial charge in [-0.05, 0) is 40.5 Å². The fraction of sp³-hybridized carbons (Fsp3) is 0.0625. The molecule has 0 saturated carbocycles. The lowest BCUT2D eigenvalue weighted by molar-refractivity contribution is 1.50. The number of aromatic nitrogens is 1. The van der Waals surface area contributed by atoms with Crippen LogP contribution in [0.2, 0.25) is 0 Å². The lowest BCUT2D eigenvalue weighted by Crippen LogP contribution is -1.79. The maximum atomic E-state index is 3.54. The number of benzene rings is 5. The van der Waals surface area contributed by atoms with Crippen LogP contribution in [0.3, 0.4) is 0 Å². The zero-order valence-corrected chi connectivity index (χ0v) is 20.1. The SMILES string of the molecule is CC.c1ccc(-c2cccc3c2sc2c(-c4ccc5[nH]c6ccccc6c5c4)cccc23)cc1. The van der Waals surface area contributed by atoms with Gasteiger partial charge < -0.3 is 4.98 Å². The fourth-order valence-electron chi connectivity index (χ4n) is 4.91. The average Bonchev–Trinajstić information content (AvgIpc) is 3.48. The molecule has 0 atom stereocenters. The first kappa shape index (κ1) is 20.7. The molecule has 0 spiro atoms. The van der Waals surface area contributed by atoms with Crippen molar-refractivity contribution in [3.63, 3.8) is 0 Å². The van der Waals surface area contributed by atoms with Crippen molar-refractivity contribution >= 4 is 53.3 Å². The van der Waals surface area contributed by atoms with Gasteiger partial charge in [-0.1, -0.05) is 105 Å². The Labute approximate surface area is 203 Å². The molecular formula is C32H25NS. The highest BCUT2D eigenvalue weighted by atomic mass is 32.1. The number of para-hydroxylation sites is 1. The van der Waals surface area contributed by atoms with Gasteiger partial charge in [-0.15, -0.1) is 11.3 Å². The van der Waals surface area contributed by atoms with E-state index in [4.69, 9.17) is 0 Å². The van der Waals surface area contributed by atoms with Crippen molar-refractivity contribution in [3.05, 3.63) is 109 Å². The van der Waals surface area contributed by atoms with Crippen LogP contribution in [0.1, 0.15) is 13.8 Å². The predicted octanol–water partition coefficient (Wildman–Crippen LogP) is 10.0. The van der Waals surface area contributed by atoms with Gasteiger partial charge >= 0.3 is 0 Å². The van der Waals surface area contributed by atoms with Gasteiger partial charge in [0, 0.05) is 42.0 Å². The molecule has 0 saturated heterocycles. The number of H-pyrrole nitrogens is 1. The van der Waals surface area contributed by atoms with E-state index in [0.29, 0.717) is 0 Å². The van der Waals surface area contributed by atoms with Crippen LogP contribution in [0, 0.1) is 0 Å². The van der Waals surface area contributed by atoms with E-state index in [1.54, 1.807) is 0 Å². The van der Waals surface area contributed by atoms with Crippen molar-refractivity contribution in [2.75, 3.05) is 0 Å². The standard InChI is InChI=1S/C30H19NS.C2H6/c1-2-8-19(9-3-1)21-11-6-13-24-25-14-7-12-22(30(25)32-29(21)24)20-16-17-28-26(18-20)23-10-4-5-15-27(23)31-28;1-2/h1-18,31H;1-2H3. The molecule has 0 amide bonds. The van der Waals surface area contributed by atoms with E-state index in [0.717, 1.165) is 0 Å². The van der Waals surface area contributed by atoms with Crippen LogP contribution >= 0.6 is 11.3 Å². The molecule has 0 unspecified atom stereocenters. The largest absolute Gasteiger partial charge is 0.355 e. The molecule has 1 nitrogen and oxygen atoms in total. The number of hydrogen-bond donors (Lipinski definition) is 1. The first-order valence-electron chi connectivity index (χ1n) is 11.9. The maximum Gasteiger partial charge on any atom is 0.0465 e. The van der Waals surface area contributed by atoms with Crippen LogP contribution in [0.5, 0.6) is 0 Å². The van der Waals surface area contributed by atoms with Crippen molar-refractivity contribution in [3.8, 4) is 22.3 Å². The zero-order valence-electron chi connectivity index (χ0n) is 19.3. The smallest absolute Gasteiger partial charge is 0.0465 e. The summed E-state index contributed by atoms with van der Waals surface area (Å²) < 4.78 is 2.71. The predicted molar refractivity (Wildman–Crippen MR) is 151 cm³/mol. The van der Waals surface area contributed by atoms with Gasteiger partial charge in [-0.3, -0.25) is 0 Å². The summed E-state index contributed by atoms with van der Waals surface area (Å²) in [6.07, 6.45) is 0. The number of nitrogens with one attached hydrogen (secondary N) is 1. The zero-order chi connectivity index (χ0) is 23.1. The molecule has 2 heteroatoms. The first-order valence-corrected chi connectivity index (χ1v) is 12.7. The van der Waals surface area contributed by atoms with E-state index >= 15 is 0 Å². The molecule has 0 bridgehead atoms. The number of aromatic amines is 1. The Morgan fingerprint density at radius 1 is 0.471 bits per heavy atom. The lowest BCUT2D eigenvalue weighted by atomic mass is 9.99. The summed E-state index contributed by atoms with van der Waals surface area (Å²) in [5.41, 5.74) is 7.52. The Morgan fingerprint density at radius 3 is 1.79 bits per heavy atom. The monoisotopic (exact) mass is 455 g/mol. The molecular weight excluding hydrogens is 430 g/mol. The maximum absolute atomic E-state index is 3.54. The first-order chi connectivity index (χ1) is 16.9. The molecule has 0 radical (unpaired) electrons. The van der Waals surface area contributed by atoms with Crippen molar-refractivity contribution in [2.45, 2.75) is 13.8 Å². The van der Waals surface area contributed by atoms with Gasteiger partial charge in [0.05, 0.1) is 0 Å². The summed E-state index contributed by atoms with van der Waals surface area (Å²) in [4.78, 5) is 3.54. The van der Waals surface area contributed by atoms with Gasteiger partial charge in [0.2, 0.25) is 0 Å². The summed E-state index contributed by atoms with van der Waals surface area (Å²) >= 11 is 1.91. The highest BCUT2D eigenvalue weighted by Gasteiger charge is 2.14. The minimum absolute atomic E-state index is 1.19. The van der Waals surface area contributed by atoms with Gasteiger partial charge in [0.15, 0.2) is 0 Å². The molecule has 5 aromatic carbocycles. The summed E-state index contributed by atoms with van der Waals surface area (Å²) in [5, 5.41) is 5.22. The Hall–Kier alpha value is -3.88. The van der Waals surface area contributed by atoms with Gasteiger partial charge in [0.1, 0.15) is 0 Å². The van der Waals surface area contributed by atoms with Crippen molar-refractivity contribution in [1.29, 1.82) is 0 Å². The van der Waals surface area contributed by atoms with Gasteiger partial charge in [0.25, 0.3) is 0 Å². The molecule has 0 aliphatic heterocycles. The van der Waals surface area contributed by atoms with E-state index in [1.807, 2.05) is 25.2 Å². The van der Waals surface area contributed by atoms with Crippen molar-refractivity contribution < 1.29 is 0 Å². The molecule has 7 rings (SSSR count). The number of hydrogen-bond acceptors (Lipinski definition) is 1. The average molecular weight is 456 g/mol. The van der Waals surface area contributed by atoms with Crippen LogP contribution in [-0.4, -0.2) is 4.98 Å². The topological polar surface area (TPSA) is 15.8 Å². The van der Waals surface area contributed by atoms with E-state index in [-0.39, 0.29) is 0 Å². The second-order valence-electron chi connectivity index (χ2n) is 8.26. The third kappa shape index (κ3) is 3.22. The lowest BCUT2D eigenvalue weighted by Gasteiger charge is -2.04. The summed E-state index contributed by atoms with van der Waals surface area (Å²) in [7, 11) is 0. The van der Waals surface area contributed by atoms with E-state index in [2.05, 4.69) is 114 Å². The summed E-state index contributed by atoms with van der Waals surface area (Å²) in [6.45, 7) is 4.00. The van der Waals surface area contributed by atoms with Gasteiger partial charge in [-0.2, -0.15) is 0 Å². The normalized spacial score (nSPS) is 11.2. The highest BCUT2D eigenvalue weighted by Crippen LogP contribution is 2.44. The van der Waals surface area contributed by atoms with Crippen molar-refractivity contribution in [1.82, 2.24) is 4.98 Å². The Morgan fingerprint density at radius 2 is 1.06 bits per heavy atom. The van der Waals surface area contributed by atoms with Crippen molar-refractivity contribution in [2.24, 2.45) is 0 Å². The van der Waals surface area contributed by atoms with Crippen LogP contribution in [0.15, 0.2) is 109 Å². The number of fused-ring (bicyclic) bond motifs is 6. The third-order valence-electron chi connectivity index (χ3n) is 6.43. The third-order valence-corrected chi connectivity index (χ3v) is 7.71. The second kappa shape index (κ2) is 8.48. The molecule has 2 heterocycles. The van der Waals surface area contributed by atoms with Crippen LogP contribution in [-0.2, 0) is 0 Å². The van der Waals surface area contributed by atoms with Crippen LogP contribution in [0.25, 0.3) is 64.2 Å². The molecule has 34 heavy (non-hydrogen) atoms. The van der Waals surface area contributed by atoms with E-state index in [1.165, 1.54) is 64.2 Å². The molecule has 0 fully saturated rings. The highest BCUT2D eigenvalue weighted by molar-refractivity contribution is 7.26. The minimum atomic E-state index is 1.19. The molecule has 1 N–H and O–H groups in total.